The number of likely N-dealkylation sites (N-methyl/N-ethyl adjacent to an activating group) is 1. The van der Waals surface area contributed by atoms with Crippen LogP contribution in [0.3, 0.4) is 0 Å². The second-order valence-corrected chi connectivity index (χ2v) is 9.07. The summed E-state index contributed by atoms with van der Waals surface area (Å²) in [7, 11) is 1.89. The van der Waals surface area contributed by atoms with Crippen molar-refractivity contribution in [2.75, 3.05) is 25.0 Å². The van der Waals surface area contributed by atoms with Gasteiger partial charge in [0, 0.05) is 38.8 Å². The quantitative estimate of drug-likeness (QED) is 0.620. The minimum Gasteiger partial charge on any atom is -0.373 e. The van der Waals surface area contributed by atoms with E-state index < -0.39 is 6.17 Å². The largest absolute Gasteiger partial charge is 0.373 e. The molecule has 3 heterocycles. The molecule has 1 saturated heterocycles. The number of ether oxygens (including phenoxy) is 1. The van der Waals surface area contributed by atoms with Crippen molar-refractivity contribution >= 4 is 5.95 Å². The summed E-state index contributed by atoms with van der Waals surface area (Å²) in [6, 6.07) is 6.75. The van der Waals surface area contributed by atoms with E-state index in [1.165, 1.54) is 16.8 Å². The first kappa shape index (κ1) is 22.9. The van der Waals surface area contributed by atoms with Crippen LogP contribution in [0, 0.1) is 5.82 Å². The van der Waals surface area contributed by atoms with Gasteiger partial charge in [0.05, 0.1) is 19.3 Å². The number of halogens is 2. The van der Waals surface area contributed by atoms with Crippen molar-refractivity contribution in [2.24, 2.45) is 0 Å². The lowest BCUT2D eigenvalue weighted by Gasteiger charge is -2.44. The van der Waals surface area contributed by atoms with E-state index in [1.807, 2.05) is 11.9 Å². The highest BCUT2D eigenvalue weighted by molar-refractivity contribution is 5.31. The van der Waals surface area contributed by atoms with Crippen LogP contribution in [0.2, 0.25) is 0 Å². The van der Waals surface area contributed by atoms with Crippen molar-refractivity contribution < 1.29 is 13.5 Å². The molecule has 2 aliphatic heterocycles. The zero-order valence-corrected chi connectivity index (χ0v) is 19.1. The predicted molar refractivity (Wildman–Crippen MR) is 119 cm³/mol. The van der Waals surface area contributed by atoms with Gasteiger partial charge >= 0.3 is 5.69 Å². The number of hydrogen-bond acceptors (Lipinski definition) is 5. The fourth-order valence-electron chi connectivity index (χ4n) is 4.92. The lowest BCUT2D eigenvalue weighted by molar-refractivity contribution is -0.0527. The second kappa shape index (κ2) is 9.70. The van der Waals surface area contributed by atoms with Gasteiger partial charge < -0.3 is 9.64 Å². The molecule has 7 nitrogen and oxygen atoms in total. The maximum atomic E-state index is 15.1. The van der Waals surface area contributed by atoms with Crippen molar-refractivity contribution in [3.63, 3.8) is 0 Å². The predicted octanol–water partition coefficient (Wildman–Crippen LogP) is 2.82. The molecule has 0 radical (unpaired) electrons. The molecule has 0 spiro atoms. The molecule has 176 valence electrons. The minimum atomic E-state index is -1.18. The number of fused-ring (bicyclic) bond motifs is 1. The van der Waals surface area contributed by atoms with Crippen LogP contribution in [-0.4, -0.2) is 63.7 Å². The lowest BCUT2D eigenvalue weighted by Crippen LogP contribution is -2.52. The third-order valence-corrected chi connectivity index (χ3v) is 6.73. The Morgan fingerprint density at radius 3 is 2.62 bits per heavy atom. The minimum absolute atomic E-state index is 0.0309. The Morgan fingerprint density at radius 1 is 1.19 bits per heavy atom. The molecule has 2 aliphatic rings. The Labute approximate surface area is 187 Å². The molecule has 4 atom stereocenters. The van der Waals surface area contributed by atoms with Gasteiger partial charge in [-0.05, 0) is 43.9 Å². The molecule has 0 aliphatic carbocycles. The molecular formula is C23H33F2N5O2. The van der Waals surface area contributed by atoms with Gasteiger partial charge in [-0.1, -0.05) is 19.1 Å². The molecule has 2 aromatic rings. The number of alkyl halides is 1. The zero-order chi connectivity index (χ0) is 22.8. The van der Waals surface area contributed by atoms with Gasteiger partial charge in [-0.25, -0.2) is 18.3 Å². The second-order valence-electron chi connectivity index (χ2n) is 9.07. The van der Waals surface area contributed by atoms with Crippen molar-refractivity contribution in [3.8, 4) is 0 Å². The van der Waals surface area contributed by atoms with E-state index >= 15 is 4.39 Å². The van der Waals surface area contributed by atoms with E-state index in [0.717, 1.165) is 31.4 Å². The van der Waals surface area contributed by atoms with Gasteiger partial charge in [-0.2, -0.15) is 0 Å². The van der Waals surface area contributed by atoms with Crippen molar-refractivity contribution in [1.82, 2.24) is 19.2 Å². The van der Waals surface area contributed by atoms with Crippen LogP contribution in [0.25, 0.3) is 0 Å². The van der Waals surface area contributed by atoms with Crippen LogP contribution in [-0.2, 0) is 24.4 Å². The molecule has 32 heavy (non-hydrogen) atoms. The van der Waals surface area contributed by atoms with Crippen LogP contribution in [0.15, 0.2) is 29.1 Å². The summed E-state index contributed by atoms with van der Waals surface area (Å²) in [5.74, 6) is 0.359. The monoisotopic (exact) mass is 449 g/mol. The molecule has 0 saturated carbocycles. The van der Waals surface area contributed by atoms with E-state index in [4.69, 9.17) is 4.74 Å². The van der Waals surface area contributed by atoms with E-state index in [0.29, 0.717) is 19.1 Å². The number of aromatic nitrogens is 3. The SMILES string of the molecule is CCC1CC(OCc2ccc(F)cc2)CC(C)N1CC(F)Cn1nc2n(c1=O)CCN2C. The summed E-state index contributed by atoms with van der Waals surface area (Å²) in [6.45, 7) is 6.26. The Morgan fingerprint density at radius 2 is 1.94 bits per heavy atom. The summed E-state index contributed by atoms with van der Waals surface area (Å²) < 4.78 is 37.1. The third-order valence-electron chi connectivity index (χ3n) is 6.73. The topological polar surface area (TPSA) is 55.5 Å². The first-order valence-electron chi connectivity index (χ1n) is 11.5. The lowest BCUT2D eigenvalue weighted by atomic mass is 9.92. The van der Waals surface area contributed by atoms with E-state index in [9.17, 15) is 9.18 Å². The number of rotatable bonds is 8. The summed E-state index contributed by atoms with van der Waals surface area (Å²) in [6.07, 6.45) is 1.45. The molecule has 9 heteroatoms. The highest BCUT2D eigenvalue weighted by Crippen LogP contribution is 2.28. The van der Waals surface area contributed by atoms with Gasteiger partial charge in [0.2, 0.25) is 5.95 Å². The van der Waals surface area contributed by atoms with Crippen LogP contribution >= 0.6 is 0 Å². The molecule has 4 rings (SSSR count). The summed E-state index contributed by atoms with van der Waals surface area (Å²) in [5, 5.41) is 4.32. The number of piperidine rings is 1. The van der Waals surface area contributed by atoms with Gasteiger partial charge in [0.15, 0.2) is 0 Å². The van der Waals surface area contributed by atoms with E-state index in [-0.39, 0.29) is 42.8 Å². The number of benzene rings is 1. The Kier molecular flexibility index (Phi) is 6.95. The maximum Gasteiger partial charge on any atom is 0.347 e. The van der Waals surface area contributed by atoms with Crippen molar-refractivity contribution in [2.45, 2.75) is 77.2 Å². The third kappa shape index (κ3) is 4.88. The number of nitrogens with zero attached hydrogens (tertiary/aromatic N) is 5. The number of anilines is 1. The zero-order valence-electron chi connectivity index (χ0n) is 19.1. The van der Waals surface area contributed by atoms with Crippen molar-refractivity contribution in [3.05, 3.63) is 46.1 Å². The van der Waals surface area contributed by atoms with Gasteiger partial charge in [-0.3, -0.25) is 9.47 Å². The Bertz CT molecular complexity index is 960. The van der Waals surface area contributed by atoms with Crippen LogP contribution in [0.4, 0.5) is 14.7 Å². The fraction of sp³-hybridized carbons (Fsp3) is 0.652. The van der Waals surface area contributed by atoms with E-state index in [2.05, 4.69) is 23.8 Å². The van der Waals surface area contributed by atoms with Crippen molar-refractivity contribution in [1.29, 1.82) is 0 Å². The highest BCUT2D eigenvalue weighted by Gasteiger charge is 2.34. The number of hydrogen-bond donors (Lipinski definition) is 0. The van der Waals surface area contributed by atoms with E-state index in [1.54, 1.807) is 16.7 Å². The van der Waals surface area contributed by atoms with Crippen LogP contribution in [0.1, 0.15) is 38.7 Å². The molecule has 0 N–H and O–H groups in total. The Hall–Kier alpha value is -2.26. The number of likely N-dealkylation sites (tertiary alicyclic amines) is 1. The standard InChI is InChI=1S/C23H33F2N5O2/c1-4-20-12-21(32-15-17-5-7-18(24)8-6-17)11-16(2)29(20)13-19(25)14-30-23(31)28-10-9-27(3)22(28)26-30/h5-8,16,19-21H,4,9-15H2,1-3H3. The first-order valence-corrected chi connectivity index (χ1v) is 11.5. The molecule has 1 aromatic heterocycles. The molecule has 1 aromatic carbocycles. The average Bonchev–Trinajstić information content (AvgIpc) is 3.28. The Balaban J connectivity index is 1.33. The summed E-state index contributed by atoms with van der Waals surface area (Å²) >= 11 is 0. The summed E-state index contributed by atoms with van der Waals surface area (Å²) in [5.41, 5.74) is 0.710. The van der Waals surface area contributed by atoms with Gasteiger partial charge in [0.25, 0.3) is 0 Å². The molecular weight excluding hydrogens is 416 g/mol. The summed E-state index contributed by atoms with van der Waals surface area (Å²) in [4.78, 5) is 16.6. The smallest absolute Gasteiger partial charge is 0.347 e. The van der Waals surface area contributed by atoms with Gasteiger partial charge in [0.1, 0.15) is 12.0 Å². The fourth-order valence-corrected chi connectivity index (χ4v) is 4.92. The average molecular weight is 450 g/mol. The first-order chi connectivity index (χ1) is 15.4. The molecule has 0 amide bonds. The molecule has 1 fully saturated rings. The highest BCUT2D eigenvalue weighted by atomic mass is 19.1. The van der Waals surface area contributed by atoms with Crippen LogP contribution < -0.4 is 10.6 Å². The van der Waals surface area contributed by atoms with Gasteiger partial charge in [-0.15, -0.1) is 5.10 Å². The molecule has 0 bridgehead atoms. The van der Waals surface area contributed by atoms with Crippen LogP contribution in [0.5, 0.6) is 0 Å². The normalized spacial score (nSPS) is 24.7. The molecule has 4 unspecified atom stereocenters. The maximum absolute atomic E-state index is 15.1.